The van der Waals surface area contributed by atoms with E-state index in [0.29, 0.717) is 12.8 Å². The molecular weight excluding hydrogens is 279 g/mol. The number of alkyl halides is 3. The molecule has 1 aromatic rings. The van der Waals surface area contributed by atoms with E-state index in [9.17, 15) is 13.2 Å². The molecule has 0 aromatic heterocycles. The molecule has 21 heavy (non-hydrogen) atoms. The fourth-order valence-electron chi connectivity index (χ4n) is 3.05. The quantitative estimate of drug-likeness (QED) is 0.886. The molecule has 3 atom stereocenters. The minimum atomic E-state index is -4.12. The molecule has 1 N–H and O–H groups in total. The maximum Gasteiger partial charge on any atom is 0.393 e. The Kier molecular flexibility index (Phi) is 5.14. The summed E-state index contributed by atoms with van der Waals surface area (Å²) in [5.41, 5.74) is 0.945. The average molecular weight is 301 g/mol. The number of nitrogens with one attached hydrogen (secondary N) is 1. The summed E-state index contributed by atoms with van der Waals surface area (Å²) < 4.78 is 44.5. The van der Waals surface area contributed by atoms with Crippen molar-refractivity contribution in [2.24, 2.45) is 5.92 Å². The van der Waals surface area contributed by atoms with Crippen molar-refractivity contribution in [3.8, 4) is 5.75 Å². The molecule has 118 valence electrons. The third-order valence-electron chi connectivity index (χ3n) is 4.24. The van der Waals surface area contributed by atoms with Gasteiger partial charge in [0.1, 0.15) is 5.75 Å². The molecule has 1 aliphatic rings. The molecule has 1 fully saturated rings. The highest BCUT2D eigenvalue weighted by molar-refractivity contribution is 5.30. The van der Waals surface area contributed by atoms with Gasteiger partial charge in [0, 0.05) is 12.1 Å². The summed E-state index contributed by atoms with van der Waals surface area (Å²) in [6, 6.07) is 6.83. The number of halogens is 3. The summed E-state index contributed by atoms with van der Waals surface area (Å²) in [4.78, 5) is 0. The molecule has 0 radical (unpaired) electrons. The molecule has 0 spiro atoms. The zero-order valence-electron chi connectivity index (χ0n) is 12.4. The smallest absolute Gasteiger partial charge is 0.393 e. The Balaban J connectivity index is 2.07. The number of benzene rings is 1. The van der Waals surface area contributed by atoms with Crippen LogP contribution in [0.25, 0.3) is 0 Å². The minimum absolute atomic E-state index is 0.131. The SMILES string of the molecule is COc1cccc(C(C)NC2CCCCC2C(F)(F)F)c1. The van der Waals surface area contributed by atoms with E-state index in [-0.39, 0.29) is 12.5 Å². The molecule has 0 aliphatic heterocycles. The van der Waals surface area contributed by atoms with Crippen LogP contribution in [0.4, 0.5) is 13.2 Å². The Bertz CT molecular complexity index is 461. The molecule has 1 aliphatic carbocycles. The van der Waals surface area contributed by atoms with Crippen LogP contribution in [0.3, 0.4) is 0 Å². The van der Waals surface area contributed by atoms with Crippen molar-refractivity contribution in [1.82, 2.24) is 5.32 Å². The van der Waals surface area contributed by atoms with Gasteiger partial charge in [-0.15, -0.1) is 0 Å². The molecule has 5 heteroatoms. The molecule has 0 heterocycles. The van der Waals surface area contributed by atoms with Gasteiger partial charge in [-0.1, -0.05) is 25.0 Å². The van der Waals surface area contributed by atoms with Gasteiger partial charge in [0.15, 0.2) is 0 Å². The highest BCUT2D eigenvalue weighted by atomic mass is 19.4. The zero-order chi connectivity index (χ0) is 15.5. The van der Waals surface area contributed by atoms with Gasteiger partial charge in [-0.25, -0.2) is 0 Å². The lowest BCUT2D eigenvalue weighted by Crippen LogP contribution is -2.46. The van der Waals surface area contributed by atoms with E-state index in [1.807, 2.05) is 31.2 Å². The van der Waals surface area contributed by atoms with E-state index < -0.39 is 18.1 Å². The van der Waals surface area contributed by atoms with E-state index in [0.717, 1.165) is 17.7 Å². The van der Waals surface area contributed by atoms with Crippen LogP contribution >= 0.6 is 0 Å². The predicted molar refractivity (Wildman–Crippen MR) is 76.3 cm³/mol. The van der Waals surface area contributed by atoms with Crippen LogP contribution in [0.5, 0.6) is 5.75 Å². The first-order chi connectivity index (χ1) is 9.91. The molecule has 3 unspecified atom stereocenters. The van der Waals surface area contributed by atoms with E-state index >= 15 is 0 Å². The van der Waals surface area contributed by atoms with Crippen molar-refractivity contribution in [1.29, 1.82) is 0 Å². The average Bonchev–Trinajstić information content (AvgIpc) is 2.46. The molecule has 2 nitrogen and oxygen atoms in total. The minimum Gasteiger partial charge on any atom is -0.497 e. The van der Waals surface area contributed by atoms with E-state index in [4.69, 9.17) is 4.74 Å². The van der Waals surface area contributed by atoms with Crippen LogP contribution < -0.4 is 10.1 Å². The topological polar surface area (TPSA) is 21.3 Å². The number of hydrogen-bond donors (Lipinski definition) is 1. The number of ether oxygens (including phenoxy) is 1. The first-order valence-electron chi connectivity index (χ1n) is 7.38. The molecule has 0 bridgehead atoms. The van der Waals surface area contributed by atoms with Gasteiger partial charge < -0.3 is 10.1 Å². The van der Waals surface area contributed by atoms with Crippen molar-refractivity contribution in [2.75, 3.05) is 7.11 Å². The summed E-state index contributed by atoms with van der Waals surface area (Å²) in [6.07, 6.45) is -1.79. The maximum atomic E-state index is 13.1. The van der Waals surface area contributed by atoms with Crippen LogP contribution in [0, 0.1) is 5.92 Å². The lowest BCUT2D eigenvalue weighted by atomic mass is 9.83. The predicted octanol–water partition coefficient (Wildman–Crippen LogP) is 4.47. The van der Waals surface area contributed by atoms with Gasteiger partial charge in [-0.2, -0.15) is 13.2 Å². The van der Waals surface area contributed by atoms with Gasteiger partial charge in [0.05, 0.1) is 13.0 Å². The van der Waals surface area contributed by atoms with Gasteiger partial charge in [0.25, 0.3) is 0 Å². The third-order valence-corrected chi connectivity index (χ3v) is 4.24. The Hall–Kier alpha value is -1.23. The second-order valence-electron chi connectivity index (χ2n) is 5.70. The van der Waals surface area contributed by atoms with Gasteiger partial charge >= 0.3 is 6.18 Å². The second-order valence-corrected chi connectivity index (χ2v) is 5.70. The fraction of sp³-hybridized carbons (Fsp3) is 0.625. The number of hydrogen-bond acceptors (Lipinski definition) is 2. The lowest BCUT2D eigenvalue weighted by Gasteiger charge is -2.35. The monoisotopic (exact) mass is 301 g/mol. The highest BCUT2D eigenvalue weighted by Gasteiger charge is 2.45. The molecule has 0 amide bonds. The molecule has 0 saturated heterocycles. The van der Waals surface area contributed by atoms with Crippen molar-refractivity contribution in [3.63, 3.8) is 0 Å². The van der Waals surface area contributed by atoms with Crippen LogP contribution in [-0.2, 0) is 0 Å². The molecule has 2 rings (SSSR count). The van der Waals surface area contributed by atoms with Crippen molar-refractivity contribution in [3.05, 3.63) is 29.8 Å². The van der Waals surface area contributed by atoms with E-state index in [2.05, 4.69) is 5.32 Å². The lowest BCUT2D eigenvalue weighted by molar-refractivity contribution is -0.189. The number of methoxy groups -OCH3 is 1. The summed E-state index contributed by atoms with van der Waals surface area (Å²) in [6.45, 7) is 1.90. The Morgan fingerprint density at radius 3 is 2.62 bits per heavy atom. The van der Waals surface area contributed by atoms with Crippen LogP contribution in [-0.4, -0.2) is 19.3 Å². The van der Waals surface area contributed by atoms with Gasteiger partial charge in [-0.3, -0.25) is 0 Å². The van der Waals surface area contributed by atoms with Crippen LogP contribution in [0.2, 0.25) is 0 Å². The standard InChI is InChI=1S/C16H22F3NO/c1-11(12-6-5-7-13(10-12)21-2)20-15-9-4-3-8-14(15)16(17,18)19/h5-7,10-11,14-15,20H,3-4,8-9H2,1-2H3. The van der Waals surface area contributed by atoms with Crippen molar-refractivity contribution < 1.29 is 17.9 Å². The van der Waals surface area contributed by atoms with Gasteiger partial charge in [0.2, 0.25) is 0 Å². The molecule has 1 saturated carbocycles. The Labute approximate surface area is 123 Å². The fourth-order valence-corrected chi connectivity index (χ4v) is 3.05. The zero-order valence-corrected chi connectivity index (χ0v) is 12.4. The maximum absolute atomic E-state index is 13.1. The van der Waals surface area contributed by atoms with Crippen molar-refractivity contribution >= 4 is 0 Å². The second kappa shape index (κ2) is 6.69. The third kappa shape index (κ3) is 4.13. The summed E-state index contributed by atoms with van der Waals surface area (Å²) in [5.74, 6) is -0.517. The van der Waals surface area contributed by atoms with Crippen LogP contribution in [0.15, 0.2) is 24.3 Å². The van der Waals surface area contributed by atoms with E-state index in [1.165, 1.54) is 0 Å². The number of rotatable bonds is 4. The Morgan fingerprint density at radius 2 is 1.95 bits per heavy atom. The Morgan fingerprint density at radius 1 is 1.24 bits per heavy atom. The normalized spacial score (nSPS) is 24.6. The molecular formula is C16H22F3NO. The van der Waals surface area contributed by atoms with Gasteiger partial charge in [-0.05, 0) is 37.5 Å². The first kappa shape index (κ1) is 16.1. The largest absolute Gasteiger partial charge is 0.497 e. The summed E-state index contributed by atoms with van der Waals surface area (Å²) in [5, 5.41) is 3.17. The summed E-state index contributed by atoms with van der Waals surface area (Å²) in [7, 11) is 1.58. The highest BCUT2D eigenvalue weighted by Crippen LogP contribution is 2.38. The van der Waals surface area contributed by atoms with E-state index in [1.54, 1.807) is 7.11 Å². The molecule has 1 aromatic carbocycles. The van der Waals surface area contributed by atoms with Crippen LogP contribution in [0.1, 0.15) is 44.2 Å². The summed E-state index contributed by atoms with van der Waals surface area (Å²) >= 11 is 0. The first-order valence-corrected chi connectivity index (χ1v) is 7.38. The van der Waals surface area contributed by atoms with Crippen molar-refractivity contribution in [2.45, 2.75) is 50.9 Å².